The van der Waals surface area contributed by atoms with E-state index in [-0.39, 0.29) is 5.56 Å². The fraction of sp³-hybridized carbons (Fsp3) is 0. The van der Waals surface area contributed by atoms with Crippen molar-refractivity contribution in [2.75, 3.05) is 5.32 Å². The van der Waals surface area contributed by atoms with Crippen molar-refractivity contribution in [3.05, 3.63) is 65.3 Å². The molecule has 3 aromatic rings. The van der Waals surface area contributed by atoms with Crippen LogP contribution in [0, 0.1) is 11.6 Å². The summed E-state index contributed by atoms with van der Waals surface area (Å²) in [6.45, 7) is 0. The molecule has 3 rings (SSSR count). The summed E-state index contributed by atoms with van der Waals surface area (Å²) >= 11 is 1.19. The topological polar surface area (TPSA) is 54.9 Å². The predicted octanol–water partition coefficient (Wildman–Crippen LogP) is 3.74. The first-order chi connectivity index (χ1) is 10.6. The van der Waals surface area contributed by atoms with Crippen molar-refractivity contribution in [3.8, 4) is 11.3 Å². The molecule has 7 heteroatoms. The number of thiazole rings is 1. The zero-order chi connectivity index (χ0) is 15.5. The van der Waals surface area contributed by atoms with Crippen molar-refractivity contribution in [1.29, 1.82) is 0 Å². The molecule has 2 heterocycles. The summed E-state index contributed by atoms with van der Waals surface area (Å²) < 4.78 is 26.6. The Labute approximate surface area is 128 Å². The summed E-state index contributed by atoms with van der Waals surface area (Å²) in [5.41, 5.74) is 1.09. The Bertz CT molecular complexity index is 821. The number of rotatable bonds is 3. The van der Waals surface area contributed by atoms with Crippen LogP contribution in [0.5, 0.6) is 0 Å². The van der Waals surface area contributed by atoms with E-state index in [9.17, 15) is 13.6 Å². The number of carbonyl (C=O) groups is 1. The molecule has 0 saturated heterocycles. The van der Waals surface area contributed by atoms with Crippen molar-refractivity contribution in [1.82, 2.24) is 9.97 Å². The molecule has 0 unspecified atom stereocenters. The van der Waals surface area contributed by atoms with Crippen molar-refractivity contribution >= 4 is 22.4 Å². The van der Waals surface area contributed by atoms with Crippen LogP contribution in [0.2, 0.25) is 0 Å². The monoisotopic (exact) mass is 317 g/mol. The third-order valence-electron chi connectivity index (χ3n) is 2.85. The molecule has 0 aliphatic carbocycles. The molecule has 0 atom stereocenters. The molecule has 2 aromatic heterocycles. The van der Waals surface area contributed by atoms with Crippen LogP contribution in [-0.2, 0) is 0 Å². The fourth-order valence-corrected chi connectivity index (χ4v) is 2.53. The Hall–Kier alpha value is -2.67. The van der Waals surface area contributed by atoms with Crippen LogP contribution < -0.4 is 5.32 Å². The summed E-state index contributed by atoms with van der Waals surface area (Å²) in [7, 11) is 0. The lowest BCUT2D eigenvalue weighted by molar-refractivity contribution is 0.102. The molecule has 4 nitrogen and oxygen atoms in total. The molecule has 0 saturated carbocycles. The molecule has 1 aromatic carbocycles. The Balaban J connectivity index is 1.81. The van der Waals surface area contributed by atoms with Crippen LogP contribution in [0.25, 0.3) is 11.3 Å². The molecule has 0 bridgehead atoms. The van der Waals surface area contributed by atoms with Crippen LogP contribution in [0.15, 0.2) is 48.1 Å². The Kier molecular flexibility index (Phi) is 3.88. The highest BCUT2D eigenvalue weighted by Crippen LogP contribution is 2.24. The maximum absolute atomic E-state index is 13.5. The first kappa shape index (κ1) is 14.3. The molecular weight excluding hydrogens is 308 g/mol. The molecule has 22 heavy (non-hydrogen) atoms. The number of hydrogen-bond donors (Lipinski definition) is 1. The van der Waals surface area contributed by atoms with E-state index in [4.69, 9.17) is 0 Å². The third-order valence-corrected chi connectivity index (χ3v) is 3.61. The largest absolute Gasteiger partial charge is 0.298 e. The average molecular weight is 317 g/mol. The van der Waals surface area contributed by atoms with E-state index in [0.717, 1.165) is 23.8 Å². The number of nitrogens with one attached hydrogen (secondary N) is 1. The average Bonchev–Trinajstić information content (AvgIpc) is 2.99. The normalized spacial score (nSPS) is 10.5. The Morgan fingerprint density at radius 2 is 2.09 bits per heavy atom. The summed E-state index contributed by atoms with van der Waals surface area (Å²) in [6.07, 6.45) is 3.29. The predicted molar refractivity (Wildman–Crippen MR) is 79.7 cm³/mol. The minimum Gasteiger partial charge on any atom is -0.298 e. The van der Waals surface area contributed by atoms with Gasteiger partial charge in [0.2, 0.25) is 0 Å². The van der Waals surface area contributed by atoms with Crippen LogP contribution >= 0.6 is 11.3 Å². The minimum absolute atomic E-state index is 0.299. The number of nitrogens with zero attached hydrogens (tertiary/aromatic N) is 2. The number of carbonyl (C=O) groups excluding carboxylic acids is 1. The number of benzene rings is 1. The van der Waals surface area contributed by atoms with Gasteiger partial charge in [-0.1, -0.05) is 0 Å². The summed E-state index contributed by atoms with van der Waals surface area (Å²) in [5, 5.41) is 4.50. The van der Waals surface area contributed by atoms with Crippen molar-refractivity contribution in [2.45, 2.75) is 0 Å². The second-order valence-corrected chi connectivity index (χ2v) is 5.22. The van der Waals surface area contributed by atoms with E-state index in [1.807, 2.05) is 6.07 Å². The molecule has 0 spiro atoms. The highest BCUT2D eigenvalue weighted by molar-refractivity contribution is 7.14. The molecule has 0 radical (unpaired) electrons. The second kappa shape index (κ2) is 5.98. The van der Waals surface area contributed by atoms with Gasteiger partial charge >= 0.3 is 0 Å². The Morgan fingerprint density at radius 3 is 2.86 bits per heavy atom. The summed E-state index contributed by atoms with van der Waals surface area (Å²) in [4.78, 5) is 20.2. The third kappa shape index (κ3) is 2.99. The second-order valence-electron chi connectivity index (χ2n) is 4.36. The molecule has 1 amide bonds. The van der Waals surface area contributed by atoms with Gasteiger partial charge in [0.25, 0.3) is 5.91 Å². The van der Waals surface area contributed by atoms with E-state index in [1.165, 1.54) is 11.3 Å². The Morgan fingerprint density at radius 1 is 1.23 bits per heavy atom. The molecule has 110 valence electrons. The van der Waals surface area contributed by atoms with E-state index >= 15 is 0 Å². The number of pyridine rings is 1. The van der Waals surface area contributed by atoms with Gasteiger partial charge in [-0.25, -0.2) is 13.8 Å². The van der Waals surface area contributed by atoms with Crippen LogP contribution in [-0.4, -0.2) is 15.9 Å². The molecule has 0 aliphatic rings. The van der Waals surface area contributed by atoms with Gasteiger partial charge in [0, 0.05) is 23.3 Å². The van der Waals surface area contributed by atoms with Gasteiger partial charge in [0.15, 0.2) is 5.13 Å². The maximum Gasteiger partial charge on any atom is 0.260 e. The van der Waals surface area contributed by atoms with E-state index in [2.05, 4.69) is 15.3 Å². The van der Waals surface area contributed by atoms with Gasteiger partial charge in [-0.3, -0.25) is 15.1 Å². The highest BCUT2D eigenvalue weighted by atomic mass is 32.1. The lowest BCUT2D eigenvalue weighted by Gasteiger charge is -2.03. The number of anilines is 1. The number of aromatic nitrogens is 2. The molecular formula is C15H9F2N3OS. The lowest BCUT2D eigenvalue weighted by atomic mass is 10.2. The van der Waals surface area contributed by atoms with Gasteiger partial charge in [-0.2, -0.15) is 0 Å². The summed E-state index contributed by atoms with van der Waals surface area (Å²) in [5.74, 6) is -2.21. The van der Waals surface area contributed by atoms with E-state index < -0.39 is 17.5 Å². The number of hydrogen-bond acceptors (Lipinski definition) is 4. The smallest absolute Gasteiger partial charge is 0.260 e. The first-order valence-electron chi connectivity index (χ1n) is 6.26. The van der Waals surface area contributed by atoms with Gasteiger partial charge in [-0.05, 0) is 30.3 Å². The van der Waals surface area contributed by atoms with Gasteiger partial charge in [0.1, 0.15) is 11.6 Å². The van der Waals surface area contributed by atoms with Gasteiger partial charge in [0.05, 0.1) is 11.3 Å². The van der Waals surface area contributed by atoms with Crippen molar-refractivity contribution in [2.24, 2.45) is 0 Å². The van der Waals surface area contributed by atoms with Crippen LogP contribution in [0.3, 0.4) is 0 Å². The maximum atomic E-state index is 13.5. The van der Waals surface area contributed by atoms with E-state index in [0.29, 0.717) is 10.8 Å². The highest BCUT2D eigenvalue weighted by Gasteiger charge is 2.15. The first-order valence-corrected chi connectivity index (χ1v) is 7.14. The van der Waals surface area contributed by atoms with Crippen molar-refractivity contribution in [3.63, 3.8) is 0 Å². The zero-order valence-corrected chi connectivity index (χ0v) is 11.9. The van der Waals surface area contributed by atoms with Crippen molar-refractivity contribution < 1.29 is 13.6 Å². The van der Waals surface area contributed by atoms with Gasteiger partial charge < -0.3 is 0 Å². The number of amides is 1. The molecule has 0 aliphatic heterocycles. The zero-order valence-electron chi connectivity index (χ0n) is 11.1. The van der Waals surface area contributed by atoms with Crippen LogP contribution in [0.1, 0.15) is 10.4 Å². The standard InChI is InChI=1S/C15H9F2N3OS/c16-10-3-4-12(17)11(6-10)14(21)20-15-19-13(8-22-15)9-2-1-5-18-7-9/h1-8H,(H,19,20,21). The SMILES string of the molecule is O=C(Nc1nc(-c2cccnc2)cs1)c1cc(F)ccc1F. The van der Waals surface area contributed by atoms with E-state index in [1.54, 1.807) is 23.8 Å². The summed E-state index contributed by atoms with van der Waals surface area (Å²) in [6, 6.07) is 6.32. The molecule has 0 fully saturated rings. The van der Waals surface area contributed by atoms with Crippen LogP contribution in [0.4, 0.5) is 13.9 Å². The van der Waals surface area contributed by atoms with Gasteiger partial charge in [-0.15, -0.1) is 11.3 Å². The fourth-order valence-electron chi connectivity index (χ4n) is 1.81. The number of halogens is 2. The molecule has 1 N–H and O–H groups in total. The lowest BCUT2D eigenvalue weighted by Crippen LogP contribution is -2.13. The quantitative estimate of drug-likeness (QED) is 0.800. The minimum atomic E-state index is -0.789.